The fourth-order valence-corrected chi connectivity index (χ4v) is 3.56. The fraction of sp³-hybridized carbons (Fsp3) is 0.333. The van der Waals surface area contributed by atoms with Crippen LogP contribution in [0.3, 0.4) is 0 Å². The molecule has 2 N–H and O–H groups in total. The highest BCUT2D eigenvalue weighted by Crippen LogP contribution is 2.30. The van der Waals surface area contributed by atoms with Gasteiger partial charge in [0, 0.05) is 23.2 Å². The summed E-state index contributed by atoms with van der Waals surface area (Å²) in [5.74, 6) is 0.103. The van der Waals surface area contributed by atoms with Crippen LogP contribution in [0.25, 0.3) is 0 Å². The summed E-state index contributed by atoms with van der Waals surface area (Å²) in [5.41, 5.74) is 6.47. The maximum Gasteiger partial charge on any atom is 0.276 e. The Kier molecular flexibility index (Phi) is 4.33. The maximum atomic E-state index is 12.8. The zero-order valence-electron chi connectivity index (χ0n) is 12.7. The third-order valence-corrected chi connectivity index (χ3v) is 5.02. The Morgan fingerprint density at radius 1 is 1.39 bits per heavy atom. The highest BCUT2D eigenvalue weighted by atomic mass is 32.2. The zero-order valence-corrected chi connectivity index (χ0v) is 13.5. The van der Waals surface area contributed by atoms with E-state index >= 15 is 0 Å². The predicted octanol–water partition coefficient (Wildman–Crippen LogP) is 0.900. The van der Waals surface area contributed by atoms with E-state index in [2.05, 4.69) is 16.4 Å². The first kappa shape index (κ1) is 15.5. The van der Waals surface area contributed by atoms with Crippen molar-refractivity contribution in [1.29, 1.82) is 0 Å². The van der Waals surface area contributed by atoms with Crippen LogP contribution >= 0.6 is 11.8 Å². The molecule has 1 aromatic carbocycles. The van der Waals surface area contributed by atoms with Crippen molar-refractivity contribution in [3.8, 4) is 0 Å². The second-order valence-electron chi connectivity index (χ2n) is 5.47. The van der Waals surface area contributed by atoms with E-state index in [0.717, 1.165) is 11.3 Å². The van der Waals surface area contributed by atoms with Gasteiger partial charge in [-0.25, -0.2) is 4.68 Å². The minimum atomic E-state index is -0.526. The molecule has 0 saturated heterocycles. The first-order chi connectivity index (χ1) is 11.0. The van der Waals surface area contributed by atoms with E-state index in [1.165, 1.54) is 15.8 Å². The highest BCUT2D eigenvalue weighted by molar-refractivity contribution is 7.99. The number of primary amides is 1. The highest BCUT2D eigenvalue weighted by Gasteiger charge is 2.27. The number of amides is 2. The fourth-order valence-electron chi connectivity index (χ4n) is 2.47. The molecule has 3 rings (SSSR count). The molecule has 0 saturated carbocycles. The zero-order chi connectivity index (χ0) is 16.4. The number of nitrogens with zero attached hydrogens (tertiary/aromatic N) is 4. The van der Waals surface area contributed by atoms with Gasteiger partial charge >= 0.3 is 0 Å². The van der Waals surface area contributed by atoms with E-state index in [4.69, 9.17) is 5.73 Å². The number of rotatable bonds is 3. The summed E-state index contributed by atoms with van der Waals surface area (Å²) >= 11 is 1.75. The number of carbonyl (C=O) groups excluding carboxylic acids is 2. The lowest BCUT2D eigenvalue weighted by Crippen LogP contribution is -2.38. The molecule has 1 unspecified atom stereocenters. The van der Waals surface area contributed by atoms with Crippen LogP contribution in [0.4, 0.5) is 0 Å². The Morgan fingerprint density at radius 2 is 2.17 bits per heavy atom. The van der Waals surface area contributed by atoms with Crippen LogP contribution < -0.4 is 5.73 Å². The Hall–Kier alpha value is -2.35. The number of thioether (sulfide) groups is 1. The lowest BCUT2D eigenvalue weighted by Gasteiger charge is -2.26. The molecule has 1 aliphatic rings. The van der Waals surface area contributed by atoms with E-state index in [1.807, 2.05) is 25.1 Å². The molecule has 2 heterocycles. The van der Waals surface area contributed by atoms with Crippen LogP contribution in [0.5, 0.6) is 0 Å². The summed E-state index contributed by atoms with van der Waals surface area (Å²) < 4.78 is 1.28. The SMILES string of the molecule is CC1CSc2ccccc2CN1C(=O)c1cn(CC(N)=O)nn1. The summed E-state index contributed by atoms with van der Waals surface area (Å²) in [6.45, 7) is 2.46. The summed E-state index contributed by atoms with van der Waals surface area (Å²) in [6, 6.07) is 8.15. The largest absolute Gasteiger partial charge is 0.368 e. The monoisotopic (exact) mass is 331 g/mol. The van der Waals surface area contributed by atoms with E-state index in [1.54, 1.807) is 16.7 Å². The van der Waals surface area contributed by atoms with Crippen molar-refractivity contribution in [2.75, 3.05) is 5.75 Å². The Morgan fingerprint density at radius 3 is 2.96 bits per heavy atom. The number of hydrogen-bond acceptors (Lipinski definition) is 5. The molecule has 1 aromatic heterocycles. The predicted molar refractivity (Wildman–Crippen MR) is 85.7 cm³/mol. The number of nitrogens with two attached hydrogens (primary N) is 1. The topological polar surface area (TPSA) is 94.1 Å². The molecule has 7 nitrogen and oxygen atoms in total. The second-order valence-corrected chi connectivity index (χ2v) is 6.53. The third kappa shape index (κ3) is 3.37. The number of aromatic nitrogens is 3. The van der Waals surface area contributed by atoms with Crippen molar-refractivity contribution in [1.82, 2.24) is 19.9 Å². The molecule has 120 valence electrons. The average molecular weight is 331 g/mol. The van der Waals surface area contributed by atoms with Gasteiger partial charge < -0.3 is 10.6 Å². The van der Waals surface area contributed by atoms with Gasteiger partial charge in [0.25, 0.3) is 5.91 Å². The summed E-state index contributed by atoms with van der Waals surface area (Å²) in [4.78, 5) is 26.7. The van der Waals surface area contributed by atoms with E-state index in [9.17, 15) is 9.59 Å². The molecule has 23 heavy (non-hydrogen) atoms. The lowest BCUT2D eigenvalue weighted by atomic mass is 10.2. The van der Waals surface area contributed by atoms with Gasteiger partial charge in [-0.2, -0.15) is 0 Å². The van der Waals surface area contributed by atoms with Gasteiger partial charge in [-0.15, -0.1) is 16.9 Å². The third-order valence-electron chi connectivity index (χ3n) is 3.66. The quantitative estimate of drug-likeness (QED) is 0.902. The van der Waals surface area contributed by atoms with Crippen molar-refractivity contribution >= 4 is 23.6 Å². The van der Waals surface area contributed by atoms with Gasteiger partial charge in [-0.3, -0.25) is 9.59 Å². The van der Waals surface area contributed by atoms with Crippen LogP contribution in [0.2, 0.25) is 0 Å². The molecule has 0 aliphatic carbocycles. The van der Waals surface area contributed by atoms with Crippen LogP contribution in [0.15, 0.2) is 35.4 Å². The number of fused-ring (bicyclic) bond motifs is 1. The summed E-state index contributed by atoms with van der Waals surface area (Å²) in [7, 11) is 0. The van der Waals surface area contributed by atoms with Crippen molar-refractivity contribution in [2.24, 2.45) is 5.73 Å². The minimum absolute atomic E-state index is 0.0705. The van der Waals surface area contributed by atoms with Crippen molar-refractivity contribution in [2.45, 2.75) is 31.0 Å². The molecule has 0 fully saturated rings. The van der Waals surface area contributed by atoms with Crippen LogP contribution in [-0.2, 0) is 17.9 Å². The second kappa shape index (κ2) is 6.41. The Bertz CT molecular complexity index is 745. The van der Waals surface area contributed by atoms with E-state index in [-0.39, 0.29) is 24.2 Å². The minimum Gasteiger partial charge on any atom is -0.368 e. The lowest BCUT2D eigenvalue weighted by molar-refractivity contribution is -0.118. The number of carbonyl (C=O) groups is 2. The molecule has 0 spiro atoms. The molecule has 1 aliphatic heterocycles. The van der Waals surface area contributed by atoms with Gasteiger partial charge in [0.15, 0.2) is 5.69 Å². The first-order valence-corrected chi connectivity index (χ1v) is 8.23. The Balaban J connectivity index is 1.83. The first-order valence-electron chi connectivity index (χ1n) is 7.24. The van der Waals surface area contributed by atoms with Crippen LogP contribution in [0, 0.1) is 0 Å². The number of benzene rings is 1. The average Bonchev–Trinajstić information content (AvgIpc) is 2.91. The number of hydrogen-bond donors (Lipinski definition) is 1. The van der Waals surface area contributed by atoms with E-state index < -0.39 is 5.91 Å². The molecule has 0 radical (unpaired) electrons. The summed E-state index contributed by atoms with van der Waals surface area (Å²) in [5, 5.41) is 7.65. The molecule has 2 amide bonds. The molecular weight excluding hydrogens is 314 g/mol. The smallest absolute Gasteiger partial charge is 0.276 e. The molecule has 8 heteroatoms. The van der Waals surface area contributed by atoms with Crippen molar-refractivity contribution < 1.29 is 9.59 Å². The molecule has 0 bridgehead atoms. The van der Waals surface area contributed by atoms with Crippen LogP contribution in [0.1, 0.15) is 23.0 Å². The van der Waals surface area contributed by atoms with Crippen molar-refractivity contribution in [3.05, 3.63) is 41.7 Å². The molecular formula is C15H17N5O2S. The van der Waals surface area contributed by atoms with E-state index in [0.29, 0.717) is 6.54 Å². The van der Waals surface area contributed by atoms with Gasteiger partial charge in [-0.1, -0.05) is 23.4 Å². The van der Waals surface area contributed by atoms with Crippen molar-refractivity contribution in [3.63, 3.8) is 0 Å². The normalized spacial score (nSPS) is 17.4. The maximum absolute atomic E-state index is 12.8. The summed E-state index contributed by atoms with van der Waals surface area (Å²) in [6.07, 6.45) is 1.46. The van der Waals surface area contributed by atoms with Gasteiger partial charge in [-0.05, 0) is 18.6 Å². The van der Waals surface area contributed by atoms with Crippen LogP contribution in [-0.4, -0.2) is 43.5 Å². The van der Waals surface area contributed by atoms with Gasteiger partial charge in [0.2, 0.25) is 5.91 Å². The van der Waals surface area contributed by atoms with Gasteiger partial charge in [0.1, 0.15) is 6.54 Å². The molecule has 1 atom stereocenters. The Labute approximate surface area is 137 Å². The molecule has 2 aromatic rings. The standard InChI is InChI=1S/C15H17N5O2S/c1-10-9-23-13-5-3-2-4-11(13)6-20(10)15(22)12-7-19(18-17-12)8-14(16)21/h2-5,7,10H,6,8-9H2,1H3,(H2,16,21). The van der Waals surface area contributed by atoms with Gasteiger partial charge in [0.05, 0.1) is 6.20 Å².